The molecular weight excluding hydrogens is 234 g/mol. The number of aromatic nitrogens is 1. The van der Waals surface area contributed by atoms with Gasteiger partial charge >= 0.3 is 0 Å². The minimum absolute atomic E-state index is 0.0110. The van der Waals surface area contributed by atoms with Gasteiger partial charge < -0.3 is 10.1 Å². The normalized spacial score (nSPS) is 12.2. The van der Waals surface area contributed by atoms with E-state index in [1.807, 2.05) is 0 Å². The van der Waals surface area contributed by atoms with Crippen LogP contribution in [0.2, 0.25) is 0 Å². The topological polar surface area (TPSA) is 77.3 Å². The van der Waals surface area contributed by atoms with Crippen LogP contribution in [0.3, 0.4) is 0 Å². The fourth-order valence-corrected chi connectivity index (χ4v) is 1.75. The summed E-state index contributed by atoms with van der Waals surface area (Å²) in [6.07, 6.45) is 3.27. The fraction of sp³-hybridized carbons (Fsp3) is 0.583. The third-order valence-electron chi connectivity index (χ3n) is 2.62. The summed E-state index contributed by atoms with van der Waals surface area (Å²) in [5, 5.41) is 13.9. The summed E-state index contributed by atoms with van der Waals surface area (Å²) in [5.74, 6) is 0.677. The first kappa shape index (κ1) is 14.4. The molecule has 1 atom stereocenters. The van der Waals surface area contributed by atoms with Crippen molar-refractivity contribution in [3.05, 3.63) is 27.9 Å². The molecule has 1 N–H and O–H groups in total. The molecule has 0 bridgehead atoms. The van der Waals surface area contributed by atoms with Gasteiger partial charge in [0.2, 0.25) is 0 Å². The van der Waals surface area contributed by atoms with Crippen LogP contribution in [-0.4, -0.2) is 29.7 Å². The highest BCUT2D eigenvalue weighted by Gasteiger charge is 2.13. The number of methoxy groups -OCH3 is 1. The lowest BCUT2D eigenvalue weighted by Gasteiger charge is -2.18. The second-order valence-electron chi connectivity index (χ2n) is 4.20. The van der Waals surface area contributed by atoms with Crippen molar-refractivity contribution in [2.75, 3.05) is 19.0 Å². The molecule has 0 aromatic carbocycles. The molecule has 0 aliphatic carbocycles. The molecule has 1 rings (SSSR count). The van der Waals surface area contributed by atoms with E-state index in [-0.39, 0.29) is 11.7 Å². The molecule has 1 heterocycles. The second kappa shape index (κ2) is 6.90. The number of ether oxygens (including phenoxy) is 1. The molecule has 100 valence electrons. The Balaban J connectivity index is 2.79. The number of nitro groups is 1. The van der Waals surface area contributed by atoms with E-state index in [4.69, 9.17) is 4.74 Å². The summed E-state index contributed by atoms with van der Waals surface area (Å²) in [5.41, 5.74) is 0.776. The maximum Gasteiger partial charge on any atom is 0.287 e. The molecule has 1 aromatic heterocycles. The van der Waals surface area contributed by atoms with Crippen LogP contribution < -0.4 is 5.32 Å². The molecule has 0 fully saturated rings. The highest BCUT2D eigenvalue weighted by molar-refractivity contribution is 5.48. The van der Waals surface area contributed by atoms with Gasteiger partial charge in [-0.05, 0) is 18.9 Å². The van der Waals surface area contributed by atoms with Crippen molar-refractivity contribution in [2.45, 2.75) is 32.7 Å². The van der Waals surface area contributed by atoms with Gasteiger partial charge in [-0.2, -0.15) is 0 Å². The highest BCUT2D eigenvalue weighted by atomic mass is 16.6. The average Bonchev–Trinajstić information content (AvgIpc) is 2.32. The lowest BCUT2D eigenvalue weighted by molar-refractivity contribution is -0.385. The summed E-state index contributed by atoms with van der Waals surface area (Å²) in [7, 11) is 1.65. The van der Waals surface area contributed by atoms with Crippen LogP contribution in [0.15, 0.2) is 12.3 Å². The van der Waals surface area contributed by atoms with Crippen LogP contribution in [0.5, 0.6) is 0 Å². The van der Waals surface area contributed by atoms with Crippen LogP contribution in [0.1, 0.15) is 25.3 Å². The number of pyridine rings is 1. The van der Waals surface area contributed by atoms with Crippen LogP contribution in [0.4, 0.5) is 11.5 Å². The first-order valence-electron chi connectivity index (χ1n) is 5.95. The van der Waals surface area contributed by atoms with E-state index < -0.39 is 4.92 Å². The minimum Gasteiger partial charge on any atom is -0.383 e. The summed E-state index contributed by atoms with van der Waals surface area (Å²) in [4.78, 5) is 14.3. The van der Waals surface area contributed by atoms with E-state index in [0.717, 1.165) is 18.4 Å². The Bertz CT molecular complexity index is 404. The van der Waals surface area contributed by atoms with Crippen LogP contribution in [-0.2, 0) is 4.74 Å². The van der Waals surface area contributed by atoms with Crippen LogP contribution >= 0.6 is 0 Å². The summed E-state index contributed by atoms with van der Waals surface area (Å²) in [6, 6.07) is 1.69. The molecule has 0 spiro atoms. The molecule has 18 heavy (non-hydrogen) atoms. The van der Waals surface area contributed by atoms with Gasteiger partial charge in [0.15, 0.2) is 0 Å². The number of aryl methyl sites for hydroxylation is 1. The Morgan fingerprint density at radius 1 is 1.61 bits per heavy atom. The summed E-state index contributed by atoms with van der Waals surface area (Å²) >= 11 is 0. The fourth-order valence-electron chi connectivity index (χ4n) is 1.75. The van der Waals surface area contributed by atoms with Gasteiger partial charge in [-0.25, -0.2) is 4.98 Å². The van der Waals surface area contributed by atoms with Crippen molar-refractivity contribution < 1.29 is 9.66 Å². The second-order valence-corrected chi connectivity index (χ2v) is 4.20. The largest absolute Gasteiger partial charge is 0.383 e. The molecule has 1 unspecified atom stereocenters. The zero-order valence-electron chi connectivity index (χ0n) is 11.0. The molecule has 0 radical (unpaired) electrons. The molecule has 6 heteroatoms. The molecule has 6 nitrogen and oxygen atoms in total. The molecular formula is C12H19N3O3. The van der Waals surface area contributed by atoms with E-state index in [0.29, 0.717) is 12.4 Å². The number of hydrogen-bond donors (Lipinski definition) is 1. The standard InChI is InChI=1S/C12H19N3O3/c1-4-5-10(8-18-3)14-12-9(2)6-11(7-13-12)15(16)17/h6-7,10H,4-5,8H2,1-3H3,(H,13,14). The lowest BCUT2D eigenvalue weighted by Crippen LogP contribution is -2.25. The van der Waals surface area contributed by atoms with Gasteiger partial charge in [0.05, 0.1) is 17.6 Å². The summed E-state index contributed by atoms with van der Waals surface area (Å²) in [6.45, 7) is 4.49. The van der Waals surface area contributed by atoms with E-state index >= 15 is 0 Å². The van der Waals surface area contributed by atoms with Crippen molar-refractivity contribution >= 4 is 11.5 Å². The third-order valence-corrected chi connectivity index (χ3v) is 2.62. The van der Waals surface area contributed by atoms with E-state index in [2.05, 4.69) is 17.2 Å². The smallest absolute Gasteiger partial charge is 0.287 e. The van der Waals surface area contributed by atoms with Gasteiger partial charge in [-0.15, -0.1) is 0 Å². The molecule has 0 saturated carbocycles. The van der Waals surface area contributed by atoms with Crippen molar-refractivity contribution in [3.63, 3.8) is 0 Å². The quantitative estimate of drug-likeness (QED) is 0.596. The number of rotatable bonds is 7. The van der Waals surface area contributed by atoms with Crippen LogP contribution in [0, 0.1) is 17.0 Å². The summed E-state index contributed by atoms with van der Waals surface area (Å²) < 4.78 is 5.13. The molecule has 0 aliphatic rings. The van der Waals surface area contributed by atoms with Gasteiger partial charge in [0, 0.05) is 13.2 Å². The predicted molar refractivity (Wildman–Crippen MR) is 69.8 cm³/mol. The van der Waals surface area contributed by atoms with Crippen molar-refractivity contribution in [3.8, 4) is 0 Å². The van der Waals surface area contributed by atoms with Gasteiger partial charge in [-0.3, -0.25) is 10.1 Å². The number of nitrogens with one attached hydrogen (secondary N) is 1. The zero-order chi connectivity index (χ0) is 13.5. The van der Waals surface area contributed by atoms with Crippen molar-refractivity contribution in [1.29, 1.82) is 0 Å². The third kappa shape index (κ3) is 3.96. The van der Waals surface area contributed by atoms with E-state index in [9.17, 15) is 10.1 Å². The maximum atomic E-state index is 10.6. The number of hydrogen-bond acceptors (Lipinski definition) is 5. The van der Waals surface area contributed by atoms with Crippen molar-refractivity contribution in [1.82, 2.24) is 4.98 Å². The SMILES string of the molecule is CCCC(COC)Nc1ncc([N+](=O)[O-])cc1C. The van der Waals surface area contributed by atoms with Gasteiger partial charge in [0.25, 0.3) is 5.69 Å². The Morgan fingerprint density at radius 3 is 2.83 bits per heavy atom. The first-order valence-corrected chi connectivity index (χ1v) is 5.95. The molecule has 0 saturated heterocycles. The minimum atomic E-state index is -0.442. The average molecular weight is 253 g/mol. The zero-order valence-corrected chi connectivity index (χ0v) is 11.0. The first-order chi connectivity index (χ1) is 8.58. The maximum absolute atomic E-state index is 10.6. The monoisotopic (exact) mass is 253 g/mol. The molecule has 0 aliphatic heterocycles. The number of anilines is 1. The van der Waals surface area contributed by atoms with E-state index in [1.54, 1.807) is 14.0 Å². The van der Waals surface area contributed by atoms with Crippen molar-refractivity contribution in [2.24, 2.45) is 0 Å². The predicted octanol–water partition coefficient (Wildman–Crippen LogP) is 2.53. The number of nitrogens with zero attached hydrogens (tertiary/aromatic N) is 2. The van der Waals surface area contributed by atoms with E-state index in [1.165, 1.54) is 12.3 Å². The van der Waals surface area contributed by atoms with Gasteiger partial charge in [-0.1, -0.05) is 13.3 Å². The van der Waals surface area contributed by atoms with Gasteiger partial charge in [0.1, 0.15) is 12.0 Å². The Labute approximate surface area is 107 Å². The molecule has 0 amide bonds. The Morgan fingerprint density at radius 2 is 2.33 bits per heavy atom. The Hall–Kier alpha value is -1.69. The van der Waals surface area contributed by atoms with Crippen LogP contribution in [0.25, 0.3) is 0 Å². The Kier molecular flexibility index (Phi) is 5.51. The highest BCUT2D eigenvalue weighted by Crippen LogP contribution is 2.19. The molecule has 1 aromatic rings. The lowest BCUT2D eigenvalue weighted by atomic mass is 10.1.